The van der Waals surface area contributed by atoms with E-state index < -0.39 is 5.54 Å². The first kappa shape index (κ1) is 18.2. The number of halogens is 1. The molecule has 2 fully saturated rings. The van der Waals surface area contributed by atoms with E-state index in [9.17, 15) is 9.59 Å². The molecule has 0 atom stereocenters. The standard InChI is InChI=1S/C15H27N3O2.ClH/c1-11(19)18-15(9-3-2-4-10-15)14(20)17-13-7-5-12(16)6-8-13;/h12-13H,2-10,16H2,1H3,(H,17,20)(H,18,19);1H. The lowest BCUT2D eigenvalue weighted by Gasteiger charge is -2.38. The van der Waals surface area contributed by atoms with Crippen molar-refractivity contribution in [2.75, 3.05) is 0 Å². The average molecular weight is 318 g/mol. The largest absolute Gasteiger partial charge is 0.351 e. The lowest BCUT2D eigenvalue weighted by Crippen LogP contribution is -2.61. The molecule has 0 unspecified atom stereocenters. The van der Waals surface area contributed by atoms with Crippen molar-refractivity contribution in [3.05, 3.63) is 0 Å². The van der Waals surface area contributed by atoms with Gasteiger partial charge in [0.1, 0.15) is 5.54 Å². The van der Waals surface area contributed by atoms with Crippen LogP contribution in [0.5, 0.6) is 0 Å². The SMILES string of the molecule is CC(=O)NC1(C(=O)NC2CCC(N)CC2)CCCCC1.Cl. The maximum atomic E-state index is 12.6. The lowest BCUT2D eigenvalue weighted by atomic mass is 9.80. The molecule has 2 amide bonds. The summed E-state index contributed by atoms with van der Waals surface area (Å²) in [5.41, 5.74) is 5.22. The van der Waals surface area contributed by atoms with E-state index in [0.29, 0.717) is 0 Å². The third kappa shape index (κ3) is 4.85. The van der Waals surface area contributed by atoms with Crippen molar-refractivity contribution >= 4 is 24.2 Å². The zero-order valence-electron chi connectivity index (χ0n) is 12.8. The van der Waals surface area contributed by atoms with Crippen LogP contribution in [0.1, 0.15) is 64.7 Å². The molecule has 5 nitrogen and oxygen atoms in total. The lowest BCUT2D eigenvalue weighted by molar-refractivity contribution is -0.135. The minimum Gasteiger partial charge on any atom is -0.351 e. The van der Waals surface area contributed by atoms with Crippen LogP contribution in [-0.4, -0.2) is 29.4 Å². The quantitative estimate of drug-likeness (QED) is 0.739. The van der Waals surface area contributed by atoms with Gasteiger partial charge in [0, 0.05) is 19.0 Å². The van der Waals surface area contributed by atoms with E-state index >= 15 is 0 Å². The summed E-state index contributed by atoms with van der Waals surface area (Å²) in [6, 6.07) is 0.497. The molecule has 0 radical (unpaired) electrons. The zero-order valence-corrected chi connectivity index (χ0v) is 13.6. The van der Waals surface area contributed by atoms with Gasteiger partial charge in [-0.15, -0.1) is 12.4 Å². The van der Waals surface area contributed by atoms with Gasteiger partial charge in [-0.1, -0.05) is 19.3 Å². The summed E-state index contributed by atoms with van der Waals surface area (Å²) < 4.78 is 0. The number of hydrogen-bond donors (Lipinski definition) is 3. The Bertz CT molecular complexity index is 362. The Hall–Kier alpha value is -0.810. The zero-order chi connectivity index (χ0) is 14.6. The van der Waals surface area contributed by atoms with Gasteiger partial charge in [-0.05, 0) is 38.5 Å². The maximum Gasteiger partial charge on any atom is 0.245 e. The van der Waals surface area contributed by atoms with Crippen LogP contribution in [0.4, 0.5) is 0 Å². The minimum absolute atomic E-state index is 0. The van der Waals surface area contributed by atoms with Gasteiger partial charge in [0.05, 0.1) is 0 Å². The van der Waals surface area contributed by atoms with Crippen LogP contribution in [-0.2, 0) is 9.59 Å². The predicted molar refractivity (Wildman–Crippen MR) is 85.3 cm³/mol. The number of carbonyl (C=O) groups is 2. The normalized spacial score (nSPS) is 28.1. The average Bonchev–Trinajstić information content (AvgIpc) is 2.41. The molecule has 122 valence electrons. The van der Waals surface area contributed by atoms with Crippen LogP contribution in [0, 0.1) is 0 Å². The monoisotopic (exact) mass is 317 g/mol. The van der Waals surface area contributed by atoms with Gasteiger partial charge < -0.3 is 16.4 Å². The maximum absolute atomic E-state index is 12.6. The van der Waals surface area contributed by atoms with Crippen molar-refractivity contribution in [2.24, 2.45) is 5.73 Å². The fourth-order valence-electron chi connectivity index (χ4n) is 3.49. The third-order valence-electron chi connectivity index (χ3n) is 4.66. The summed E-state index contributed by atoms with van der Waals surface area (Å²) in [7, 11) is 0. The summed E-state index contributed by atoms with van der Waals surface area (Å²) >= 11 is 0. The summed E-state index contributed by atoms with van der Waals surface area (Å²) in [5, 5.41) is 6.06. The highest BCUT2D eigenvalue weighted by atomic mass is 35.5. The van der Waals surface area contributed by atoms with Crippen molar-refractivity contribution in [1.29, 1.82) is 0 Å². The molecule has 0 bridgehead atoms. The summed E-state index contributed by atoms with van der Waals surface area (Å²) in [4.78, 5) is 24.1. The fourth-order valence-corrected chi connectivity index (χ4v) is 3.49. The summed E-state index contributed by atoms with van der Waals surface area (Å²) in [6.45, 7) is 1.49. The molecule has 2 aliphatic carbocycles. The van der Waals surface area contributed by atoms with E-state index in [1.807, 2.05) is 0 Å². The Morgan fingerprint density at radius 1 is 1.05 bits per heavy atom. The second-order valence-corrected chi connectivity index (χ2v) is 6.41. The molecule has 0 aromatic heterocycles. The Labute approximate surface area is 133 Å². The number of nitrogens with one attached hydrogen (secondary N) is 2. The van der Waals surface area contributed by atoms with Crippen LogP contribution in [0.25, 0.3) is 0 Å². The molecule has 0 heterocycles. The molecule has 2 aliphatic rings. The van der Waals surface area contributed by atoms with E-state index in [-0.39, 0.29) is 36.3 Å². The van der Waals surface area contributed by atoms with Crippen molar-refractivity contribution in [1.82, 2.24) is 10.6 Å². The highest BCUT2D eigenvalue weighted by Crippen LogP contribution is 2.29. The van der Waals surface area contributed by atoms with Gasteiger partial charge >= 0.3 is 0 Å². The first-order chi connectivity index (χ1) is 9.52. The molecule has 4 N–H and O–H groups in total. The second-order valence-electron chi connectivity index (χ2n) is 6.41. The molecule has 21 heavy (non-hydrogen) atoms. The first-order valence-electron chi connectivity index (χ1n) is 7.87. The van der Waals surface area contributed by atoms with Crippen molar-refractivity contribution in [3.8, 4) is 0 Å². The van der Waals surface area contributed by atoms with Crippen LogP contribution in [0.3, 0.4) is 0 Å². The number of amides is 2. The smallest absolute Gasteiger partial charge is 0.245 e. The number of rotatable bonds is 3. The summed E-state index contributed by atoms with van der Waals surface area (Å²) in [6.07, 6.45) is 8.50. The summed E-state index contributed by atoms with van der Waals surface area (Å²) in [5.74, 6) is -0.111. The van der Waals surface area contributed by atoms with E-state index in [1.165, 1.54) is 6.92 Å². The predicted octanol–water partition coefficient (Wildman–Crippen LogP) is 1.63. The number of hydrogen-bond acceptors (Lipinski definition) is 3. The topological polar surface area (TPSA) is 84.2 Å². The van der Waals surface area contributed by atoms with Crippen LogP contribution < -0.4 is 16.4 Å². The van der Waals surface area contributed by atoms with Gasteiger partial charge in [-0.2, -0.15) is 0 Å². The van der Waals surface area contributed by atoms with E-state index in [2.05, 4.69) is 10.6 Å². The molecular formula is C15H28ClN3O2. The minimum atomic E-state index is -0.677. The molecule has 0 aliphatic heterocycles. The number of nitrogens with two attached hydrogens (primary N) is 1. The van der Waals surface area contributed by atoms with Gasteiger partial charge in [0.2, 0.25) is 11.8 Å². The van der Waals surface area contributed by atoms with Gasteiger partial charge in [0.15, 0.2) is 0 Å². The van der Waals surface area contributed by atoms with Gasteiger partial charge in [0.25, 0.3) is 0 Å². The molecule has 0 saturated heterocycles. The van der Waals surface area contributed by atoms with Crippen LogP contribution in [0.2, 0.25) is 0 Å². The Morgan fingerprint density at radius 3 is 2.14 bits per heavy atom. The molecule has 6 heteroatoms. The number of carbonyl (C=O) groups excluding carboxylic acids is 2. The first-order valence-corrected chi connectivity index (χ1v) is 7.87. The molecule has 0 aromatic carbocycles. The molecular weight excluding hydrogens is 290 g/mol. The Balaban J connectivity index is 0.00000220. The van der Waals surface area contributed by atoms with Crippen molar-refractivity contribution < 1.29 is 9.59 Å². The molecule has 2 rings (SSSR count). The highest BCUT2D eigenvalue weighted by Gasteiger charge is 2.41. The van der Waals surface area contributed by atoms with Crippen LogP contribution in [0.15, 0.2) is 0 Å². The van der Waals surface area contributed by atoms with E-state index in [0.717, 1.165) is 57.8 Å². The van der Waals surface area contributed by atoms with Gasteiger partial charge in [-0.25, -0.2) is 0 Å². The van der Waals surface area contributed by atoms with Gasteiger partial charge in [-0.3, -0.25) is 9.59 Å². The molecule has 2 saturated carbocycles. The van der Waals surface area contributed by atoms with Crippen molar-refractivity contribution in [3.63, 3.8) is 0 Å². The van der Waals surface area contributed by atoms with Crippen LogP contribution >= 0.6 is 12.4 Å². The second kappa shape index (κ2) is 7.99. The fraction of sp³-hybridized carbons (Fsp3) is 0.867. The molecule has 0 spiro atoms. The Kier molecular flexibility index (Phi) is 6.94. The highest BCUT2D eigenvalue weighted by molar-refractivity contribution is 5.91. The van der Waals surface area contributed by atoms with E-state index in [1.54, 1.807) is 0 Å². The van der Waals surface area contributed by atoms with E-state index in [4.69, 9.17) is 5.73 Å². The Morgan fingerprint density at radius 2 is 1.62 bits per heavy atom. The molecule has 0 aromatic rings. The third-order valence-corrected chi connectivity index (χ3v) is 4.66. The van der Waals surface area contributed by atoms with Crippen molar-refractivity contribution in [2.45, 2.75) is 82.3 Å².